The Balaban J connectivity index is 1.80. The van der Waals surface area contributed by atoms with Crippen molar-refractivity contribution >= 4 is 30.1 Å². The number of carbonyl (C=O) groups is 3. The summed E-state index contributed by atoms with van der Waals surface area (Å²) >= 11 is 0. The summed E-state index contributed by atoms with van der Waals surface area (Å²) in [6.07, 6.45) is -1.79. The van der Waals surface area contributed by atoms with Crippen LogP contribution in [0.2, 0.25) is 0 Å². The molecule has 6 N–H and O–H groups in total. The number of phenols is 4. The maximum atomic E-state index is 12.5. The standard InChI is InChI=1S/C26H26O12/c1-36-25(34)26(35)12-18(29)24(38-21(31)11-9-15-5-3-7-17(28)23(15)33)19(13-26)37-20(30)10-8-14-4-2-6-16(27)22(14)32/h2-11,18-19,24,27-29,32-33,35H,12-13H2,1H3/t18-,19-,24-,26+/m0/s1. The number of benzene rings is 2. The number of esters is 3. The van der Waals surface area contributed by atoms with E-state index in [9.17, 15) is 45.0 Å². The minimum Gasteiger partial charge on any atom is -0.504 e. The molecular weight excluding hydrogens is 504 g/mol. The molecule has 2 aromatic rings. The van der Waals surface area contributed by atoms with Gasteiger partial charge in [0.15, 0.2) is 34.7 Å². The van der Waals surface area contributed by atoms with E-state index in [0.29, 0.717) is 0 Å². The van der Waals surface area contributed by atoms with Crippen LogP contribution in [0.25, 0.3) is 12.2 Å². The Morgan fingerprint density at radius 1 is 0.842 bits per heavy atom. The largest absolute Gasteiger partial charge is 0.504 e. The first-order valence-electron chi connectivity index (χ1n) is 11.2. The summed E-state index contributed by atoms with van der Waals surface area (Å²) in [6.45, 7) is 0. The smallest absolute Gasteiger partial charge is 0.338 e. The number of methoxy groups -OCH3 is 1. The molecule has 0 bridgehead atoms. The van der Waals surface area contributed by atoms with Crippen LogP contribution in [-0.4, -0.2) is 79.6 Å². The Kier molecular flexibility index (Phi) is 8.61. The molecule has 0 saturated heterocycles. The highest BCUT2D eigenvalue weighted by molar-refractivity contribution is 5.89. The first-order valence-corrected chi connectivity index (χ1v) is 11.2. The van der Waals surface area contributed by atoms with E-state index in [2.05, 4.69) is 4.74 Å². The zero-order chi connectivity index (χ0) is 28.0. The second kappa shape index (κ2) is 11.7. The highest BCUT2D eigenvalue weighted by Gasteiger charge is 2.52. The maximum Gasteiger partial charge on any atom is 0.338 e. The molecule has 38 heavy (non-hydrogen) atoms. The van der Waals surface area contributed by atoms with Crippen molar-refractivity contribution in [2.24, 2.45) is 0 Å². The number of phenolic OH excluding ortho intramolecular Hbond substituents is 4. The van der Waals surface area contributed by atoms with E-state index in [-0.39, 0.29) is 11.1 Å². The number of ether oxygens (including phenoxy) is 3. The average Bonchev–Trinajstić information content (AvgIpc) is 2.87. The molecule has 1 aliphatic rings. The summed E-state index contributed by atoms with van der Waals surface area (Å²) in [7, 11) is 1.02. The second-order valence-corrected chi connectivity index (χ2v) is 8.47. The third-order valence-corrected chi connectivity index (χ3v) is 5.81. The Hall–Kier alpha value is -4.55. The number of aliphatic hydroxyl groups excluding tert-OH is 1. The summed E-state index contributed by atoms with van der Waals surface area (Å²) in [4.78, 5) is 37.1. The summed E-state index contributed by atoms with van der Waals surface area (Å²) in [5.41, 5.74) is -2.08. The predicted octanol–water partition coefficient (Wildman–Crippen LogP) is 1.12. The van der Waals surface area contributed by atoms with Gasteiger partial charge in [0.25, 0.3) is 0 Å². The molecule has 0 radical (unpaired) electrons. The normalized spacial score (nSPS) is 23.3. The van der Waals surface area contributed by atoms with Gasteiger partial charge in [-0.3, -0.25) is 0 Å². The zero-order valence-corrected chi connectivity index (χ0v) is 20.1. The van der Waals surface area contributed by atoms with E-state index < -0.39 is 77.7 Å². The number of aliphatic hydroxyl groups is 2. The van der Waals surface area contributed by atoms with Crippen LogP contribution in [0.4, 0.5) is 0 Å². The van der Waals surface area contributed by atoms with Gasteiger partial charge in [-0.05, 0) is 24.3 Å². The lowest BCUT2D eigenvalue weighted by Crippen LogP contribution is -2.58. The number of rotatable bonds is 7. The van der Waals surface area contributed by atoms with Gasteiger partial charge in [-0.1, -0.05) is 24.3 Å². The summed E-state index contributed by atoms with van der Waals surface area (Å²) in [5, 5.41) is 60.2. The molecule has 3 rings (SSSR count). The van der Waals surface area contributed by atoms with Gasteiger partial charge >= 0.3 is 17.9 Å². The summed E-state index contributed by atoms with van der Waals surface area (Å²) < 4.78 is 15.1. The lowest BCUT2D eigenvalue weighted by Gasteiger charge is -2.41. The number of para-hydroxylation sites is 2. The van der Waals surface area contributed by atoms with E-state index in [1.807, 2.05) is 0 Å². The van der Waals surface area contributed by atoms with Crippen molar-refractivity contribution in [2.45, 2.75) is 36.8 Å². The third-order valence-electron chi connectivity index (χ3n) is 5.81. The SMILES string of the molecule is COC(=O)[C@]1(O)C[C@H](OC(=O)C=Cc2cccc(O)c2O)[C@@H](OC(=O)C=Cc2cccc(O)c2O)[C@@H](O)C1. The lowest BCUT2D eigenvalue weighted by atomic mass is 9.79. The van der Waals surface area contributed by atoms with E-state index in [4.69, 9.17) is 9.47 Å². The molecule has 1 saturated carbocycles. The molecule has 0 spiro atoms. The zero-order valence-electron chi connectivity index (χ0n) is 20.1. The molecule has 0 aliphatic heterocycles. The minimum atomic E-state index is -2.25. The number of aromatic hydroxyl groups is 4. The van der Waals surface area contributed by atoms with Gasteiger partial charge in [0.2, 0.25) is 0 Å². The van der Waals surface area contributed by atoms with Crippen molar-refractivity contribution in [1.82, 2.24) is 0 Å². The number of hydrogen-bond donors (Lipinski definition) is 6. The Morgan fingerprint density at radius 3 is 1.84 bits per heavy atom. The Labute approximate surface area is 216 Å². The molecule has 12 heteroatoms. The van der Waals surface area contributed by atoms with Crippen LogP contribution in [-0.2, 0) is 28.6 Å². The molecule has 1 fully saturated rings. The van der Waals surface area contributed by atoms with Gasteiger partial charge in [-0.2, -0.15) is 0 Å². The number of hydrogen-bond acceptors (Lipinski definition) is 12. The molecule has 0 aromatic heterocycles. The predicted molar refractivity (Wildman–Crippen MR) is 130 cm³/mol. The molecule has 0 unspecified atom stereocenters. The van der Waals surface area contributed by atoms with Gasteiger partial charge in [0.1, 0.15) is 6.10 Å². The third kappa shape index (κ3) is 6.41. The van der Waals surface area contributed by atoms with Crippen molar-refractivity contribution in [3.8, 4) is 23.0 Å². The molecule has 4 atom stereocenters. The van der Waals surface area contributed by atoms with Gasteiger partial charge in [-0.15, -0.1) is 0 Å². The molecule has 0 heterocycles. The highest BCUT2D eigenvalue weighted by Crippen LogP contribution is 2.35. The van der Waals surface area contributed by atoms with E-state index >= 15 is 0 Å². The monoisotopic (exact) mass is 530 g/mol. The van der Waals surface area contributed by atoms with Gasteiger partial charge in [0, 0.05) is 36.1 Å². The van der Waals surface area contributed by atoms with Crippen molar-refractivity contribution in [1.29, 1.82) is 0 Å². The van der Waals surface area contributed by atoms with Crippen LogP contribution in [0.3, 0.4) is 0 Å². The molecular formula is C26H26O12. The second-order valence-electron chi connectivity index (χ2n) is 8.47. The van der Waals surface area contributed by atoms with Gasteiger partial charge in [0.05, 0.1) is 13.2 Å². The Morgan fingerprint density at radius 2 is 1.34 bits per heavy atom. The average molecular weight is 530 g/mol. The van der Waals surface area contributed by atoms with Crippen molar-refractivity contribution < 1.29 is 59.2 Å². The fourth-order valence-corrected chi connectivity index (χ4v) is 3.91. The van der Waals surface area contributed by atoms with Crippen LogP contribution in [0.1, 0.15) is 24.0 Å². The van der Waals surface area contributed by atoms with Crippen LogP contribution < -0.4 is 0 Å². The summed E-state index contributed by atoms with van der Waals surface area (Å²) in [5.74, 6) is -4.96. The van der Waals surface area contributed by atoms with Crippen LogP contribution in [0.15, 0.2) is 48.6 Å². The van der Waals surface area contributed by atoms with E-state index in [1.165, 1.54) is 36.4 Å². The quantitative estimate of drug-likeness (QED) is 0.129. The van der Waals surface area contributed by atoms with Crippen molar-refractivity contribution in [3.63, 3.8) is 0 Å². The fraction of sp³-hybridized carbons (Fsp3) is 0.269. The Bertz CT molecular complexity index is 1270. The van der Waals surface area contributed by atoms with Crippen molar-refractivity contribution in [3.05, 3.63) is 59.7 Å². The topological polar surface area (TPSA) is 200 Å². The van der Waals surface area contributed by atoms with E-state index in [1.54, 1.807) is 0 Å². The lowest BCUT2D eigenvalue weighted by molar-refractivity contribution is -0.206. The van der Waals surface area contributed by atoms with Crippen LogP contribution >= 0.6 is 0 Å². The first-order chi connectivity index (χ1) is 17.9. The van der Waals surface area contributed by atoms with Gasteiger partial charge in [-0.25, -0.2) is 14.4 Å². The molecule has 2 aromatic carbocycles. The molecule has 1 aliphatic carbocycles. The van der Waals surface area contributed by atoms with E-state index in [0.717, 1.165) is 31.4 Å². The van der Waals surface area contributed by atoms with Crippen LogP contribution in [0.5, 0.6) is 23.0 Å². The fourth-order valence-electron chi connectivity index (χ4n) is 3.91. The van der Waals surface area contributed by atoms with Gasteiger partial charge < -0.3 is 44.8 Å². The molecule has 202 valence electrons. The summed E-state index contributed by atoms with van der Waals surface area (Å²) in [6, 6.07) is 8.14. The van der Waals surface area contributed by atoms with Crippen molar-refractivity contribution in [2.75, 3.05) is 7.11 Å². The highest BCUT2D eigenvalue weighted by atomic mass is 16.6. The maximum absolute atomic E-state index is 12.5. The van der Waals surface area contributed by atoms with Crippen LogP contribution in [0, 0.1) is 0 Å². The molecule has 12 nitrogen and oxygen atoms in total. The molecule has 0 amide bonds. The first kappa shape index (κ1) is 28.0. The number of carbonyl (C=O) groups excluding carboxylic acids is 3. The minimum absolute atomic E-state index is 0.0833.